The summed E-state index contributed by atoms with van der Waals surface area (Å²) in [7, 11) is 0. The molecule has 1 saturated heterocycles. The normalized spacial score (nSPS) is 25.6. The molecule has 0 bridgehead atoms. The SMILES string of the molecule is CCCCC/C=N\Nc1nc(N)c2ncn([C@@H]3O[C@H](CO)[C@@H](O)[C@H]3O)c2n1. The van der Waals surface area contributed by atoms with E-state index >= 15 is 0 Å². The first-order valence-electron chi connectivity index (χ1n) is 8.96. The number of aliphatic hydroxyl groups excluding tert-OH is 3. The molecule has 0 spiro atoms. The maximum Gasteiger partial charge on any atom is 0.247 e. The van der Waals surface area contributed by atoms with Crippen LogP contribution in [0.15, 0.2) is 11.4 Å². The molecular formula is C16H25N7O4. The standard InChI is InChI=1S/C16H25N7O4/c1-2-3-4-5-6-19-22-16-20-13(17)10-14(21-16)23(8-18-10)15-12(26)11(25)9(7-24)27-15/h6,8-9,11-12,15,24-26H,2-5,7H2,1H3,(H3,17,20,21,22)/b19-6-/t9-,11-,12-,15-/m1/s1. The molecule has 0 aliphatic carbocycles. The van der Waals surface area contributed by atoms with Gasteiger partial charge in [0, 0.05) is 6.21 Å². The fraction of sp³-hybridized carbons (Fsp3) is 0.625. The van der Waals surface area contributed by atoms with Crippen molar-refractivity contribution in [1.82, 2.24) is 19.5 Å². The molecule has 6 N–H and O–H groups in total. The molecule has 11 nitrogen and oxygen atoms in total. The van der Waals surface area contributed by atoms with Crippen molar-refractivity contribution >= 4 is 29.1 Å². The van der Waals surface area contributed by atoms with E-state index in [-0.39, 0.29) is 11.8 Å². The zero-order chi connectivity index (χ0) is 19.4. The highest BCUT2D eigenvalue weighted by Gasteiger charge is 2.44. The van der Waals surface area contributed by atoms with Crippen LogP contribution in [0, 0.1) is 0 Å². The number of fused-ring (bicyclic) bond motifs is 1. The van der Waals surface area contributed by atoms with Crippen LogP contribution in [0.2, 0.25) is 0 Å². The summed E-state index contributed by atoms with van der Waals surface area (Å²) in [5.74, 6) is 0.328. The third-order valence-corrected chi connectivity index (χ3v) is 4.43. The fourth-order valence-electron chi connectivity index (χ4n) is 2.94. The summed E-state index contributed by atoms with van der Waals surface area (Å²) < 4.78 is 6.98. The minimum absolute atomic E-state index is 0.147. The Morgan fingerprint density at radius 2 is 2.15 bits per heavy atom. The molecule has 3 rings (SSSR count). The van der Waals surface area contributed by atoms with Crippen LogP contribution >= 0.6 is 0 Å². The van der Waals surface area contributed by atoms with E-state index in [1.54, 1.807) is 6.21 Å². The van der Waals surface area contributed by atoms with Gasteiger partial charge in [-0.3, -0.25) is 4.57 Å². The smallest absolute Gasteiger partial charge is 0.247 e. The van der Waals surface area contributed by atoms with E-state index in [9.17, 15) is 15.3 Å². The Labute approximate surface area is 155 Å². The first kappa shape index (κ1) is 19.4. The van der Waals surface area contributed by atoms with Gasteiger partial charge in [0.2, 0.25) is 5.95 Å². The van der Waals surface area contributed by atoms with Crippen molar-refractivity contribution in [3.05, 3.63) is 6.33 Å². The first-order valence-corrected chi connectivity index (χ1v) is 8.96. The van der Waals surface area contributed by atoms with Gasteiger partial charge in [0.15, 0.2) is 17.7 Å². The molecule has 0 unspecified atom stereocenters. The van der Waals surface area contributed by atoms with Gasteiger partial charge < -0.3 is 25.8 Å². The van der Waals surface area contributed by atoms with Crippen molar-refractivity contribution in [2.45, 2.75) is 57.1 Å². The number of nitrogen functional groups attached to an aromatic ring is 1. The summed E-state index contributed by atoms with van der Waals surface area (Å²) in [4.78, 5) is 12.6. The molecule has 4 atom stereocenters. The molecule has 3 heterocycles. The highest BCUT2D eigenvalue weighted by atomic mass is 16.6. The Morgan fingerprint density at radius 3 is 2.85 bits per heavy atom. The predicted octanol–water partition coefficient (Wildman–Crippen LogP) is -0.00200. The number of aliphatic hydroxyl groups is 3. The monoisotopic (exact) mass is 379 g/mol. The second-order valence-corrected chi connectivity index (χ2v) is 6.40. The van der Waals surface area contributed by atoms with Gasteiger partial charge in [-0.1, -0.05) is 19.8 Å². The second-order valence-electron chi connectivity index (χ2n) is 6.40. The third-order valence-electron chi connectivity index (χ3n) is 4.43. The summed E-state index contributed by atoms with van der Waals surface area (Å²) in [5.41, 5.74) is 9.34. The van der Waals surface area contributed by atoms with Crippen molar-refractivity contribution in [2.24, 2.45) is 5.10 Å². The molecule has 0 saturated carbocycles. The van der Waals surface area contributed by atoms with Crippen LogP contribution < -0.4 is 11.2 Å². The maximum absolute atomic E-state index is 10.2. The van der Waals surface area contributed by atoms with Crippen LogP contribution in [0.25, 0.3) is 11.2 Å². The highest BCUT2D eigenvalue weighted by Crippen LogP contribution is 2.32. The molecular weight excluding hydrogens is 354 g/mol. The summed E-state index contributed by atoms with van der Waals surface area (Å²) in [6.07, 6.45) is 3.02. The van der Waals surface area contributed by atoms with Gasteiger partial charge in [-0.15, -0.1) is 0 Å². The Hall–Kier alpha value is -2.34. The maximum atomic E-state index is 10.2. The average Bonchev–Trinajstić information content (AvgIpc) is 3.20. The van der Waals surface area contributed by atoms with Crippen molar-refractivity contribution < 1.29 is 20.1 Å². The number of rotatable bonds is 8. The lowest BCUT2D eigenvalue weighted by Crippen LogP contribution is -2.33. The van der Waals surface area contributed by atoms with Crippen LogP contribution in [0.3, 0.4) is 0 Å². The van der Waals surface area contributed by atoms with E-state index < -0.39 is 31.1 Å². The predicted molar refractivity (Wildman–Crippen MR) is 99.0 cm³/mol. The van der Waals surface area contributed by atoms with Gasteiger partial charge >= 0.3 is 0 Å². The van der Waals surface area contributed by atoms with Gasteiger partial charge in [0.05, 0.1) is 12.9 Å². The van der Waals surface area contributed by atoms with E-state index in [1.165, 1.54) is 10.9 Å². The van der Waals surface area contributed by atoms with Crippen molar-refractivity contribution in [2.75, 3.05) is 17.8 Å². The number of nitrogens with zero attached hydrogens (tertiary/aromatic N) is 5. The molecule has 148 valence electrons. The number of anilines is 2. The van der Waals surface area contributed by atoms with Gasteiger partial charge in [0.1, 0.15) is 23.8 Å². The molecule has 0 radical (unpaired) electrons. The van der Waals surface area contributed by atoms with E-state index in [4.69, 9.17) is 10.5 Å². The molecule has 2 aromatic heterocycles. The van der Waals surface area contributed by atoms with Crippen LogP contribution in [0.5, 0.6) is 0 Å². The molecule has 0 amide bonds. The molecule has 11 heteroatoms. The molecule has 0 aromatic carbocycles. The lowest BCUT2D eigenvalue weighted by Gasteiger charge is -2.16. The van der Waals surface area contributed by atoms with Crippen LogP contribution in [0.4, 0.5) is 11.8 Å². The molecule has 1 aliphatic rings. The highest BCUT2D eigenvalue weighted by molar-refractivity contribution is 5.83. The number of aromatic nitrogens is 4. The first-order chi connectivity index (χ1) is 13.1. The fourth-order valence-corrected chi connectivity index (χ4v) is 2.94. The third kappa shape index (κ3) is 4.00. The topological polar surface area (TPSA) is 164 Å². The Morgan fingerprint density at radius 1 is 1.33 bits per heavy atom. The lowest BCUT2D eigenvalue weighted by atomic mass is 10.1. The number of hydrogen-bond acceptors (Lipinski definition) is 10. The number of hydrogen-bond donors (Lipinski definition) is 5. The van der Waals surface area contributed by atoms with E-state index in [0.717, 1.165) is 25.7 Å². The largest absolute Gasteiger partial charge is 0.394 e. The van der Waals surface area contributed by atoms with E-state index in [0.29, 0.717) is 11.2 Å². The number of unbranched alkanes of at least 4 members (excludes halogenated alkanes) is 3. The number of nitrogens with one attached hydrogen (secondary N) is 1. The molecule has 2 aromatic rings. The number of imidazole rings is 1. The summed E-state index contributed by atoms with van der Waals surface area (Å²) in [6.45, 7) is 1.72. The molecule has 1 aliphatic heterocycles. The Bertz CT molecular complexity index is 796. The quantitative estimate of drug-likeness (QED) is 0.241. The number of ether oxygens (including phenoxy) is 1. The second kappa shape index (κ2) is 8.57. The number of nitrogens with two attached hydrogens (primary N) is 1. The van der Waals surface area contributed by atoms with Crippen LogP contribution in [0.1, 0.15) is 38.8 Å². The summed E-state index contributed by atoms with van der Waals surface area (Å²) in [6, 6.07) is 0. The van der Waals surface area contributed by atoms with E-state index in [1.807, 2.05) is 0 Å². The Kier molecular flexibility index (Phi) is 6.16. The zero-order valence-corrected chi connectivity index (χ0v) is 15.1. The van der Waals surface area contributed by atoms with Crippen molar-refractivity contribution in [3.8, 4) is 0 Å². The Balaban J connectivity index is 1.81. The van der Waals surface area contributed by atoms with Gasteiger partial charge in [-0.05, 0) is 12.8 Å². The molecule has 27 heavy (non-hydrogen) atoms. The molecule has 1 fully saturated rings. The van der Waals surface area contributed by atoms with E-state index in [2.05, 4.69) is 32.4 Å². The summed E-state index contributed by atoms with van der Waals surface area (Å²) >= 11 is 0. The van der Waals surface area contributed by atoms with Crippen LogP contribution in [-0.4, -0.2) is 66.0 Å². The van der Waals surface area contributed by atoms with Gasteiger partial charge in [-0.25, -0.2) is 10.4 Å². The minimum Gasteiger partial charge on any atom is -0.394 e. The van der Waals surface area contributed by atoms with Crippen molar-refractivity contribution in [3.63, 3.8) is 0 Å². The zero-order valence-electron chi connectivity index (χ0n) is 15.1. The van der Waals surface area contributed by atoms with Crippen molar-refractivity contribution in [1.29, 1.82) is 0 Å². The lowest BCUT2D eigenvalue weighted by molar-refractivity contribution is -0.0511. The van der Waals surface area contributed by atoms with Crippen LogP contribution in [-0.2, 0) is 4.74 Å². The van der Waals surface area contributed by atoms with Gasteiger partial charge in [0.25, 0.3) is 0 Å². The minimum atomic E-state index is -1.25. The van der Waals surface area contributed by atoms with Gasteiger partial charge in [-0.2, -0.15) is 15.1 Å². The summed E-state index contributed by atoms with van der Waals surface area (Å²) in [5, 5.41) is 33.5. The number of hydrazone groups is 1. The average molecular weight is 379 g/mol.